The van der Waals surface area contributed by atoms with Crippen LogP contribution in [0.25, 0.3) is 0 Å². The molecular weight excluding hydrogens is 148 g/mol. The molecule has 0 radical (unpaired) electrons. The summed E-state index contributed by atoms with van der Waals surface area (Å²) in [6.07, 6.45) is 2.06. The number of nitrogens with one attached hydrogen (secondary N) is 2. The summed E-state index contributed by atoms with van der Waals surface area (Å²) in [5.74, 6) is 1.13. The summed E-state index contributed by atoms with van der Waals surface area (Å²) in [6, 6.07) is 0. The molecule has 10 heavy (non-hydrogen) atoms. The van der Waals surface area contributed by atoms with Gasteiger partial charge in [0.1, 0.15) is 0 Å². The molecule has 0 atom stereocenters. The summed E-state index contributed by atoms with van der Waals surface area (Å²) in [7, 11) is 0. The molecule has 2 heterocycles. The summed E-state index contributed by atoms with van der Waals surface area (Å²) in [5, 5.41) is 6.47. The molecule has 0 aliphatic carbocycles. The first-order valence-electron chi connectivity index (χ1n) is 3.30. The number of rotatable bonds is 0. The normalized spacial score (nSPS) is 16.8. The van der Waals surface area contributed by atoms with Crippen LogP contribution in [0.5, 0.6) is 0 Å². The van der Waals surface area contributed by atoms with E-state index in [4.69, 9.17) is 0 Å². The number of H-pyrrole nitrogens is 2. The molecule has 1 aromatic heterocycles. The predicted octanol–water partition coefficient (Wildman–Crippen LogP) is 0.741. The smallest absolute Gasteiger partial charge is 0.268 e. The van der Waals surface area contributed by atoms with Crippen molar-refractivity contribution in [1.82, 2.24) is 10.2 Å². The van der Waals surface area contributed by atoms with Crippen molar-refractivity contribution < 1.29 is 0 Å². The third kappa shape index (κ3) is 0.794. The zero-order chi connectivity index (χ0) is 6.97. The molecule has 54 valence electrons. The van der Waals surface area contributed by atoms with Crippen LogP contribution in [0, 0.1) is 0 Å². The third-order valence-electron chi connectivity index (χ3n) is 1.66. The van der Waals surface area contributed by atoms with Gasteiger partial charge in [0.05, 0.1) is 10.6 Å². The predicted molar refractivity (Wildman–Crippen MR) is 40.5 cm³/mol. The summed E-state index contributed by atoms with van der Waals surface area (Å²) < 4.78 is 0. The number of thioether (sulfide) groups is 1. The molecule has 0 unspecified atom stereocenters. The molecule has 2 N–H and O–H groups in total. The van der Waals surface area contributed by atoms with Crippen LogP contribution in [0.3, 0.4) is 0 Å². The van der Waals surface area contributed by atoms with Gasteiger partial charge in [-0.15, -0.1) is 11.8 Å². The van der Waals surface area contributed by atoms with Crippen molar-refractivity contribution in [3.05, 3.63) is 15.9 Å². The lowest BCUT2D eigenvalue weighted by molar-refractivity contribution is 0.872. The zero-order valence-corrected chi connectivity index (χ0v) is 6.25. The minimum Gasteiger partial charge on any atom is -0.291 e. The molecule has 4 heteroatoms. The van der Waals surface area contributed by atoms with E-state index in [-0.39, 0.29) is 5.56 Å². The largest absolute Gasteiger partial charge is 0.291 e. The van der Waals surface area contributed by atoms with Crippen molar-refractivity contribution in [2.75, 3.05) is 5.75 Å². The van der Waals surface area contributed by atoms with E-state index in [9.17, 15) is 4.79 Å². The quantitative estimate of drug-likeness (QED) is 0.582. The van der Waals surface area contributed by atoms with Crippen molar-refractivity contribution in [1.29, 1.82) is 0 Å². The maximum absolute atomic E-state index is 11.0. The fourth-order valence-electron chi connectivity index (χ4n) is 1.14. The Morgan fingerprint density at radius 2 is 2.30 bits per heavy atom. The van der Waals surface area contributed by atoms with Crippen molar-refractivity contribution in [3.8, 4) is 0 Å². The molecule has 0 spiro atoms. The Morgan fingerprint density at radius 1 is 1.40 bits per heavy atom. The number of fused-ring (bicyclic) bond motifs is 1. The molecule has 0 bridgehead atoms. The van der Waals surface area contributed by atoms with Gasteiger partial charge in [0.15, 0.2) is 0 Å². The topological polar surface area (TPSA) is 48.6 Å². The van der Waals surface area contributed by atoms with E-state index in [0.717, 1.165) is 29.2 Å². The SMILES string of the molecule is O=c1[nH][nH]c2c1CCCS2. The fourth-order valence-corrected chi connectivity index (χ4v) is 2.13. The summed E-state index contributed by atoms with van der Waals surface area (Å²) >= 11 is 1.72. The van der Waals surface area contributed by atoms with Gasteiger partial charge in [-0.3, -0.25) is 15.0 Å². The van der Waals surface area contributed by atoms with E-state index in [1.54, 1.807) is 11.8 Å². The molecule has 0 saturated heterocycles. The van der Waals surface area contributed by atoms with E-state index >= 15 is 0 Å². The molecule has 0 fully saturated rings. The third-order valence-corrected chi connectivity index (χ3v) is 2.79. The number of hydrogen-bond donors (Lipinski definition) is 2. The van der Waals surface area contributed by atoms with Gasteiger partial charge in [0.25, 0.3) is 5.56 Å². The first-order valence-corrected chi connectivity index (χ1v) is 4.29. The molecule has 0 saturated carbocycles. The average molecular weight is 156 g/mol. The van der Waals surface area contributed by atoms with Crippen LogP contribution in [0.1, 0.15) is 12.0 Å². The van der Waals surface area contributed by atoms with Gasteiger partial charge in [0, 0.05) is 0 Å². The lowest BCUT2D eigenvalue weighted by atomic mass is 10.2. The summed E-state index contributed by atoms with van der Waals surface area (Å²) in [5.41, 5.74) is 0.999. The lowest BCUT2D eigenvalue weighted by Crippen LogP contribution is -2.08. The Bertz CT molecular complexity index is 288. The minimum atomic E-state index is 0.0576. The molecular formula is C6H8N2OS. The molecule has 3 nitrogen and oxygen atoms in total. The number of aromatic amines is 2. The highest BCUT2D eigenvalue weighted by Crippen LogP contribution is 2.24. The standard InChI is InChI=1S/C6H8N2OS/c9-5-4-2-1-3-10-6(4)8-7-5/h1-3H2,(H2,7,8,9). The Balaban J connectivity index is 2.55. The summed E-state index contributed by atoms with van der Waals surface area (Å²) in [6.45, 7) is 0. The maximum Gasteiger partial charge on any atom is 0.268 e. The second-order valence-electron chi connectivity index (χ2n) is 2.34. The van der Waals surface area contributed by atoms with Crippen LogP contribution >= 0.6 is 11.8 Å². The molecule has 2 rings (SSSR count). The van der Waals surface area contributed by atoms with Crippen molar-refractivity contribution in [2.24, 2.45) is 0 Å². The molecule has 1 aromatic rings. The Kier molecular flexibility index (Phi) is 1.34. The van der Waals surface area contributed by atoms with Gasteiger partial charge < -0.3 is 0 Å². The fraction of sp³-hybridized carbons (Fsp3) is 0.500. The van der Waals surface area contributed by atoms with E-state index < -0.39 is 0 Å². The highest BCUT2D eigenvalue weighted by molar-refractivity contribution is 7.99. The monoisotopic (exact) mass is 156 g/mol. The Morgan fingerprint density at radius 3 is 3.10 bits per heavy atom. The van der Waals surface area contributed by atoms with Gasteiger partial charge >= 0.3 is 0 Å². The molecule has 0 amide bonds. The van der Waals surface area contributed by atoms with Gasteiger partial charge in [-0.05, 0) is 18.6 Å². The zero-order valence-electron chi connectivity index (χ0n) is 5.44. The highest BCUT2D eigenvalue weighted by Gasteiger charge is 2.13. The first kappa shape index (κ1) is 6.09. The molecule has 1 aliphatic rings. The van der Waals surface area contributed by atoms with Gasteiger partial charge in [0.2, 0.25) is 0 Å². The van der Waals surface area contributed by atoms with E-state index in [0.29, 0.717) is 0 Å². The maximum atomic E-state index is 11.0. The summed E-state index contributed by atoms with van der Waals surface area (Å²) in [4.78, 5) is 11.0. The van der Waals surface area contributed by atoms with E-state index in [1.165, 1.54) is 0 Å². The second kappa shape index (κ2) is 2.20. The van der Waals surface area contributed by atoms with Gasteiger partial charge in [-0.25, -0.2) is 0 Å². The number of hydrogen-bond acceptors (Lipinski definition) is 2. The van der Waals surface area contributed by atoms with Crippen molar-refractivity contribution in [2.45, 2.75) is 17.9 Å². The van der Waals surface area contributed by atoms with Crippen LogP contribution < -0.4 is 5.56 Å². The minimum absolute atomic E-state index is 0.0576. The van der Waals surface area contributed by atoms with E-state index in [1.807, 2.05) is 0 Å². The van der Waals surface area contributed by atoms with Crippen LogP contribution in [-0.4, -0.2) is 16.0 Å². The second-order valence-corrected chi connectivity index (χ2v) is 3.44. The lowest BCUT2D eigenvalue weighted by Gasteiger charge is -2.06. The van der Waals surface area contributed by atoms with Crippen LogP contribution in [0.4, 0.5) is 0 Å². The van der Waals surface area contributed by atoms with Crippen molar-refractivity contribution in [3.63, 3.8) is 0 Å². The highest BCUT2D eigenvalue weighted by atomic mass is 32.2. The van der Waals surface area contributed by atoms with Gasteiger partial charge in [-0.1, -0.05) is 0 Å². The Hall–Kier alpha value is -0.640. The Labute approximate surface area is 62.2 Å². The molecule has 1 aliphatic heterocycles. The average Bonchev–Trinajstić information content (AvgIpc) is 2.34. The van der Waals surface area contributed by atoms with E-state index in [2.05, 4.69) is 10.2 Å². The van der Waals surface area contributed by atoms with Crippen molar-refractivity contribution >= 4 is 11.8 Å². The van der Waals surface area contributed by atoms with Crippen LogP contribution in [0.2, 0.25) is 0 Å². The molecule has 0 aromatic carbocycles. The van der Waals surface area contributed by atoms with Crippen LogP contribution in [0.15, 0.2) is 9.82 Å². The van der Waals surface area contributed by atoms with Gasteiger partial charge in [-0.2, -0.15) is 0 Å². The van der Waals surface area contributed by atoms with Crippen LogP contribution in [-0.2, 0) is 6.42 Å². The first-order chi connectivity index (χ1) is 4.88. The number of aromatic nitrogens is 2.